The first-order chi connectivity index (χ1) is 7.31. The van der Waals surface area contributed by atoms with Crippen molar-refractivity contribution in [1.29, 1.82) is 0 Å². The van der Waals surface area contributed by atoms with Crippen molar-refractivity contribution < 1.29 is 9.53 Å². The van der Waals surface area contributed by atoms with E-state index in [1.54, 1.807) is 19.2 Å². The second-order valence-electron chi connectivity index (χ2n) is 3.55. The number of carbonyl (C=O) groups is 1. The fraction of sp³-hybridized carbons (Fsp3) is 0.455. The summed E-state index contributed by atoms with van der Waals surface area (Å²) in [6.45, 7) is 4.09. The van der Waals surface area contributed by atoms with E-state index in [1.165, 1.54) is 0 Å². The summed E-state index contributed by atoms with van der Waals surface area (Å²) in [6.07, 6.45) is 1.67. The zero-order chi connectivity index (χ0) is 10.7. The number of nitrogens with zero attached hydrogens (tertiary/aromatic N) is 1. The van der Waals surface area contributed by atoms with E-state index < -0.39 is 0 Å². The summed E-state index contributed by atoms with van der Waals surface area (Å²) in [5.74, 6) is 0.174. The lowest BCUT2D eigenvalue weighted by Gasteiger charge is -2.26. The molecule has 1 saturated heterocycles. The number of pyridine rings is 1. The largest absolute Gasteiger partial charge is 0.462 e. The Morgan fingerprint density at radius 3 is 3.07 bits per heavy atom. The van der Waals surface area contributed by atoms with Gasteiger partial charge in [-0.1, -0.05) is 0 Å². The summed E-state index contributed by atoms with van der Waals surface area (Å²) in [7, 11) is 0. The second kappa shape index (κ2) is 4.40. The fourth-order valence-electron chi connectivity index (χ4n) is 1.51. The highest BCUT2D eigenvalue weighted by Crippen LogP contribution is 2.18. The summed E-state index contributed by atoms with van der Waals surface area (Å²) in [5.41, 5.74) is 1.56. The van der Waals surface area contributed by atoms with Crippen LogP contribution in [0.25, 0.3) is 0 Å². The van der Waals surface area contributed by atoms with Gasteiger partial charge in [0.05, 0.1) is 12.2 Å². The van der Waals surface area contributed by atoms with Gasteiger partial charge in [0.15, 0.2) is 0 Å². The van der Waals surface area contributed by atoms with E-state index in [-0.39, 0.29) is 5.97 Å². The average molecular weight is 206 g/mol. The van der Waals surface area contributed by atoms with Crippen LogP contribution < -0.4 is 5.32 Å². The molecule has 4 heteroatoms. The number of esters is 1. The van der Waals surface area contributed by atoms with Crippen molar-refractivity contribution in [3.63, 3.8) is 0 Å². The minimum Gasteiger partial charge on any atom is -0.462 e. The molecule has 1 N–H and O–H groups in total. The van der Waals surface area contributed by atoms with Gasteiger partial charge in [-0.05, 0) is 19.1 Å². The lowest BCUT2D eigenvalue weighted by molar-refractivity contribution is 0.0526. The number of rotatable bonds is 3. The number of hydrogen-bond acceptors (Lipinski definition) is 4. The van der Waals surface area contributed by atoms with Crippen LogP contribution in [-0.2, 0) is 4.74 Å². The van der Waals surface area contributed by atoms with E-state index in [0.717, 1.165) is 18.8 Å². The van der Waals surface area contributed by atoms with Gasteiger partial charge in [-0.3, -0.25) is 4.98 Å². The molecule has 1 aromatic rings. The fourth-order valence-corrected chi connectivity index (χ4v) is 1.51. The van der Waals surface area contributed by atoms with Gasteiger partial charge in [-0.25, -0.2) is 4.79 Å². The van der Waals surface area contributed by atoms with Crippen LogP contribution in [0.3, 0.4) is 0 Å². The molecule has 0 aliphatic carbocycles. The predicted molar refractivity (Wildman–Crippen MR) is 55.8 cm³/mol. The maximum Gasteiger partial charge on any atom is 0.338 e. The SMILES string of the molecule is CCOC(=O)c1ccnc(C2CNC2)c1. The lowest BCUT2D eigenvalue weighted by atomic mass is 9.97. The van der Waals surface area contributed by atoms with E-state index in [2.05, 4.69) is 10.3 Å². The van der Waals surface area contributed by atoms with Gasteiger partial charge in [-0.2, -0.15) is 0 Å². The van der Waals surface area contributed by atoms with E-state index in [9.17, 15) is 4.79 Å². The van der Waals surface area contributed by atoms with Crippen molar-refractivity contribution in [2.24, 2.45) is 0 Å². The smallest absolute Gasteiger partial charge is 0.338 e. The Labute approximate surface area is 88.7 Å². The van der Waals surface area contributed by atoms with E-state index in [1.807, 2.05) is 6.07 Å². The molecule has 0 bridgehead atoms. The Hall–Kier alpha value is -1.42. The first kappa shape index (κ1) is 10.1. The molecule has 0 aromatic carbocycles. The van der Waals surface area contributed by atoms with Crippen molar-refractivity contribution in [2.75, 3.05) is 19.7 Å². The van der Waals surface area contributed by atoms with Crippen molar-refractivity contribution in [3.8, 4) is 0 Å². The van der Waals surface area contributed by atoms with Crippen LogP contribution in [-0.4, -0.2) is 30.6 Å². The molecule has 0 radical (unpaired) electrons. The molecule has 1 fully saturated rings. The maximum atomic E-state index is 11.5. The molecule has 0 saturated carbocycles. The Balaban J connectivity index is 2.14. The normalized spacial score (nSPS) is 15.8. The van der Waals surface area contributed by atoms with E-state index in [4.69, 9.17) is 4.74 Å². The van der Waals surface area contributed by atoms with Crippen LogP contribution in [0.2, 0.25) is 0 Å². The molecule has 1 aliphatic heterocycles. The van der Waals surface area contributed by atoms with Gasteiger partial charge in [-0.15, -0.1) is 0 Å². The van der Waals surface area contributed by atoms with E-state index in [0.29, 0.717) is 18.1 Å². The summed E-state index contributed by atoms with van der Waals surface area (Å²) in [6, 6.07) is 3.51. The van der Waals surface area contributed by atoms with Crippen LogP contribution in [0.1, 0.15) is 28.9 Å². The zero-order valence-corrected chi connectivity index (χ0v) is 8.69. The highest BCUT2D eigenvalue weighted by Gasteiger charge is 2.21. The number of aromatic nitrogens is 1. The molecule has 0 spiro atoms. The maximum absolute atomic E-state index is 11.5. The van der Waals surface area contributed by atoms with Crippen molar-refractivity contribution >= 4 is 5.97 Å². The van der Waals surface area contributed by atoms with Crippen LogP contribution in [0.15, 0.2) is 18.3 Å². The van der Waals surface area contributed by atoms with Gasteiger partial charge in [0.2, 0.25) is 0 Å². The molecule has 80 valence electrons. The second-order valence-corrected chi connectivity index (χ2v) is 3.55. The Kier molecular flexibility index (Phi) is 2.97. The molecular formula is C11H14N2O2. The summed E-state index contributed by atoms with van der Waals surface area (Å²) >= 11 is 0. The monoisotopic (exact) mass is 206 g/mol. The summed E-state index contributed by atoms with van der Waals surface area (Å²) in [5, 5.41) is 3.18. The third-order valence-corrected chi connectivity index (χ3v) is 2.49. The van der Waals surface area contributed by atoms with E-state index >= 15 is 0 Å². The van der Waals surface area contributed by atoms with Crippen LogP contribution in [0.4, 0.5) is 0 Å². The van der Waals surface area contributed by atoms with Crippen LogP contribution in [0, 0.1) is 0 Å². The van der Waals surface area contributed by atoms with Crippen LogP contribution in [0.5, 0.6) is 0 Å². The third-order valence-electron chi connectivity index (χ3n) is 2.49. The minimum atomic E-state index is -0.270. The molecule has 1 aromatic heterocycles. The molecule has 2 rings (SSSR count). The molecule has 15 heavy (non-hydrogen) atoms. The molecule has 0 unspecified atom stereocenters. The first-order valence-electron chi connectivity index (χ1n) is 5.15. The quantitative estimate of drug-likeness (QED) is 0.748. The topological polar surface area (TPSA) is 51.2 Å². The van der Waals surface area contributed by atoms with Crippen LogP contribution >= 0.6 is 0 Å². The standard InChI is InChI=1S/C11H14N2O2/c1-2-15-11(14)8-3-4-13-10(5-8)9-6-12-7-9/h3-5,9,12H,2,6-7H2,1H3. The lowest BCUT2D eigenvalue weighted by Crippen LogP contribution is -2.40. The highest BCUT2D eigenvalue weighted by molar-refractivity contribution is 5.89. The predicted octanol–water partition coefficient (Wildman–Crippen LogP) is 0.945. The minimum absolute atomic E-state index is 0.270. The van der Waals surface area contributed by atoms with Gasteiger partial charge < -0.3 is 10.1 Å². The molecular weight excluding hydrogens is 192 g/mol. The molecule has 0 atom stereocenters. The van der Waals surface area contributed by atoms with Crippen molar-refractivity contribution in [3.05, 3.63) is 29.6 Å². The molecule has 0 amide bonds. The Morgan fingerprint density at radius 1 is 1.67 bits per heavy atom. The Bertz CT molecular complexity index is 361. The number of ether oxygens (including phenoxy) is 1. The third kappa shape index (κ3) is 2.15. The Morgan fingerprint density at radius 2 is 2.47 bits per heavy atom. The first-order valence-corrected chi connectivity index (χ1v) is 5.15. The van der Waals surface area contributed by atoms with Gasteiger partial charge >= 0.3 is 5.97 Å². The number of carbonyl (C=O) groups excluding carboxylic acids is 1. The molecule has 2 heterocycles. The highest BCUT2D eigenvalue weighted by atomic mass is 16.5. The zero-order valence-electron chi connectivity index (χ0n) is 8.69. The van der Waals surface area contributed by atoms with Gasteiger partial charge in [0.25, 0.3) is 0 Å². The number of hydrogen-bond donors (Lipinski definition) is 1. The van der Waals surface area contributed by atoms with Crippen molar-refractivity contribution in [2.45, 2.75) is 12.8 Å². The summed E-state index contributed by atoms with van der Waals surface area (Å²) in [4.78, 5) is 15.7. The average Bonchev–Trinajstić information content (AvgIpc) is 2.16. The van der Waals surface area contributed by atoms with Crippen molar-refractivity contribution in [1.82, 2.24) is 10.3 Å². The molecule has 1 aliphatic rings. The summed E-state index contributed by atoms with van der Waals surface area (Å²) < 4.78 is 4.93. The molecule has 4 nitrogen and oxygen atoms in total. The van der Waals surface area contributed by atoms with Gasteiger partial charge in [0, 0.05) is 30.9 Å². The number of nitrogens with one attached hydrogen (secondary N) is 1. The van der Waals surface area contributed by atoms with Gasteiger partial charge in [0.1, 0.15) is 0 Å².